The molecule has 20 heavy (non-hydrogen) atoms. The van der Waals surface area contributed by atoms with Crippen molar-refractivity contribution in [2.75, 3.05) is 20.3 Å². The van der Waals surface area contributed by atoms with Gasteiger partial charge in [-0.15, -0.1) is 0 Å². The van der Waals surface area contributed by atoms with E-state index in [0.717, 1.165) is 5.56 Å². The normalized spacial score (nSPS) is 11.4. The smallest absolute Gasteiger partial charge is 0.270 e. The number of nitro benzene ring substituents is 1. The van der Waals surface area contributed by atoms with E-state index in [4.69, 9.17) is 9.47 Å². The molecule has 0 amide bonds. The van der Waals surface area contributed by atoms with Gasteiger partial charge in [0, 0.05) is 36.9 Å². The standard InChI is InChI=1S/C14H22N2O4/c1-14(2,3)15-10-11-9-12(16(17)18)5-6-13(11)20-8-7-19-4/h5-6,9,15H,7-8,10H2,1-4H3. The van der Waals surface area contributed by atoms with Gasteiger partial charge in [-0.25, -0.2) is 0 Å². The SMILES string of the molecule is COCCOc1ccc([N+](=O)[O-])cc1CNC(C)(C)C. The number of hydrogen-bond donors (Lipinski definition) is 1. The first-order valence-corrected chi connectivity index (χ1v) is 6.47. The molecule has 0 radical (unpaired) electrons. The van der Waals surface area contributed by atoms with E-state index >= 15 is 0 Å². The van der Waals surface area contributed by atoms with E-state index in [1.54, 1.807) is 19.2 Å². The highest BCUT2D eigenvalue weighted by molar-refractivity contribution is 5.43. The van der Waals surface area contributed by atoms with Crippen LogP contribution < -0.4 is 10.1 Å². The summed E-state index contributed by atoms with van der Waals surface area (Å²) < 4.78 is 10.5. The number of ether oxygens (including phenoxy) is 2. The number of nitrogens with zero attached hydrogens (tertiary/aromatic N) is 1. The second-order valence-electron chi connectivity index (χ2n) is 5.49. The maximum atomic E-state index is 10.9. The average molecular weight is 282 g/mol. The van der Waals surface area contributed by atoms with Crippen LogP contribution in [0.2, 0.25) is 0 Å². The lowest BCUT2D eigenvalue weighted by Crippen LogP contribution is -2.35. The van der Waals surface area contributed by atoms with Crippen molar-refractivity contribution in [1.29, 1.82) is 0 Å². The van der Waals surface area contributed by atoms with Gasteiger partial charge in [-0.05, 0) is 26.8 Å². The molecule has 0 spiro atoms. The monoisotopic (exact) mass is 282 g/mol. The predicted molar refractivity (Wildman–Crippen MR) is 77.1 cm³/mol. The molecule has 6 heteroatoms. The van der Waals surface area contributed by atoms with Gasteiger partial charge in [-0.2, -0.15) is 0 Å². The van der Waals surface area contributed by atoms with Gasteiger partial charge in [-0.1, -0.05) is 0 Å². The summed E-state index contributed by atoms with van der Waals surface area (Å²) in [7, 11) is 1.60. The van der Waals surface area contributed by atoms with Crippen LogP contribution in [0.25, 0.3) is 0 Å². The first-order chi connectivity index (χ1) is 9.33. The van der Waals surface area contributed by atoms with Gasteiger partial charge in [0.15, 0.2) is 0 Å². The summed E-state index contributed by atoms with van der Waals surface area (Å²) in [6.45, 7) is 7.51. The van der Waals surface area contributed by atoms with Crippen molar-refractivity contribution in [2.45, 2.75) is 32.9 Å². The van der Waals surface area contributed by atoms with Crippen molar-refractivity contribution in [3.8, 4) is 5.75 Å². The third-order valence-corrected chi connectivity index (χ3v) is 2.61. The van der Waals surface area contributed by atoms with Crippen LogP contribution in [0.15, 0.2) is 18.2 Å². The molecule has 0 aromatic heterocycles. The summed E-state index contributed by atoms with van der Waals surface area (Å²) in [6, 6.07) is 4.62. The average Bonchev–Trinajstić information content (AvgIpc) is 2.36. The fourth-order valence-electron chi connectivity index (χ4n) is 1.55. The van der Waals surface area contributed by atoms with Crippen LogP contribution in [0.1, 0.15) is 26.3 Å². The molecule has 1 N–H and O–H groups in total. The molecule has 0 saturated carbocycles. The number of rotatable bonds is 7. The molecule has 0 bridgehead atoms. The van der Waals surface area contributed by atoms with Gasteiger partial charge < -0.3 is 14.8 Å². The predicted octanol–water partition coefficient (Wildman–Crippen LogP) is 2.51. The zero-order chi connectivity index (χ0) is 15.2. The van der Waals surface area contributed by atoms with E-state index in [1.807, 2.05) is 20.8 Å². The Balaban J connectivity index is 2.88. The lowest BCUT2D eigenvalue weighted by Gasteiger charge is -2.21. The van der Waals surface area contributed by atoms with E-state index in [2.05, 4.69) is 5.32 Å². The molecule has 1 aromatic carbocycles. The number of nitrogens with one attached hydrogen (secondary N) is 1. The summed E-state index contributed by atoms with van der Waals surface area (Å²) in [5, 5.41) is 14.2. The summed E-state index contributed by atoms with van der Waals surface area (Å²) in [5.74, 6) is 0.643. The van der Waals surface area contributed by atoms with Crippen LogP contribution in [0.4, 0.5) is 5.69 Å². The third kappa shape index (κ3) is 5.54. The van der Waals surface area contributed by atoms with Crippen LogP contribution in [-0.2, 0) is 11.3 Å². The lowest BCUT2D eigenvalue weighted by atomic mass is 10.1. The molecule has 6 nitrogen and oxygen atoms in total. The molecule has 0 heterocycles. The van der Waals surface area contributed by atoms with Crippen molar-refractivity contribution in [2.24, 2.45) is 0 Å². The van der Waals surface area contributed by atoms with Crippen molar-refractivity contribution in [3.63, 3.8) is 0 Å². The minimum absolute atomic E-state index is 0.0646. The summed E-state index contributed by atoms with van der Waals surface area (Å²) in [4.78, 5) is 10.4. The van der Waals surface area contributed by atoms with Gasteiger partial charge in [-0.3, -0.25) is 10.1 Å². The van der Waals surface area contributed by atoms with E-state index in [-0.39, 0.29) is 11.2 Å². The number of benzene rings is 1. The number of methoxy groups -OCH3 is 1. The Morgan fingerprint density at radius 3 is 2.55 bits per heavy atom. The Morgan fingerprint density at radius 1 is 1.30 bits per heavy atom. The number of hydrogen-bond acceptors (Lipinski definition) is 5. The second-order valence-corrected chi connectivity index (χ2v) is 5.49. The van der Waals surface area contributed by atoms with Crippen LogP contribution in [0.5, 0.6) is 5.75 Å². The lowest BCUT2D eigenvalue weighted by molar-refractivity contribution is -0.384. The quantitative estimate of drug-likeness (QED) is 0.472. The Bertz CT molecular complexity index is 455. The van der Waals surface area contributed by atoms with Crippen LogP contribution in [-0.4, -0.2) is 30.8 Å². The molecule has 1 rings (SSSR count). The maximum Gasteiger partial charge on any atom is 0.270 e. The molecular formula is C14H22N2O4. The van der Waals surface area contributed by atoms with Crippen LogP contribution in [0, 0.1) is 10.1 Å². The van der Waals surface area contributed by atoms with E-state index < -0.39 is 4.92 Å². The van der Waals surface area contributed by atoms with Crippen molar-refractivity contribution >= 4 is 5.69 Å². The summed E-state index contributed by atoms with van der Waals surface area (Å²) >= 11 is 0. The molecule has 0 fully saturated rings. The number of non-ortho nitro benzene ring substituents is 1. The molecule has 0 aliphatic rings. The first kappa shape index (κ1) is 16.4. The van der Waals surface area contributed by atoms with Gasteiger partial charge in [0.1, 0.15) is 12.4 Å². The van der Waals surface area contributed by atoms with Gasteiger partial charge in [0.2, 0.25) is 0 Å². The summed E-state index contributed by atoms with van der Waals surface area (Å²) in [6.07, 6.45) is 0. The van der Waals surface area contributed by atoms with E-state index in [9.17, 15) is 10.1 Å². The Kier molecular flexibility index (Phi) is 5.91. The topological polar surface area (TPSA) is 73.6 Å². The first-order valence-electron chi connectivity index (χ1n) is 6.47. The highest BCUT2D eigenvalue weighted by Gasteiger charge is 2.15. The van der Waals surface area contributed by atoms with E-state index in [1.165, 1.54) is 6.07 Å². The number of nitro groups is 1. The molecule has 0 aliphatic heterocycles. The second kappa shape index (κ2) is 7.21. The van der Waals surface area contributed by atoms with Gasteiger partial charge >= 0.3 is 0 Å². The molecule has 1 aromatic rings. The molecule has 0 atom stereocenters. The largest absolute Gasteiger partial charge is 0.491 e. The van der Waals surface area contributed by atoms with Gasteiger partial charge in [0.25, 0.3) is 5.69 Å². The van der Waals surface area contributed by atoms with Gasteiger partial charge in [0.05, 0.1) is 11.5 Å². The van der Waals surface area contributed by atoms with Crippen LogP contribution >= 0.6 is 0 Å². The minimum Gasteiger partial charge on any atom is -0.491 e. The Hall–Kier alpha value is -1.66. The van der Waals surface area contributed by atoms with Crippen molar-refractivity contribution in [3.05, 3.63) is 33.9 Å². The van der Waals surface area contributed by atoms with Crippen LogP contribution in [0.3, 0.4) is 0 Å². The maximum absolute atomic E-state index is 10.9. The van der Waals surface area contributed by atoms with Crippen molar-refractivity contribution in [1.82, 2.24) is 5.32 Å². The minimum atomic E-state index is -0.403. The van der Waals surface area contributed by atoms with Crippen molar-refractivity contribution < 1.29 is 14.4 Å². The molecule has 0 aliphatic carbocycles. The third-order valence-electron chi connectivity index (χ3n) is 2.61. The Labute approximate surface area is 119 Å². The Morgan fingerprint density at radius 2 is 2.00 bits per heavy atom. The zero-order valence-corrected chi connectivity index (χ0v) is 12.4. The molecule has 0 saturated heterocycles. The zero-order valence-electron chi connectivity index (χ0n) is 12.4. The fraction of sp³-hybridized carbons (Fsp3) is 0.571. The fourth-order valence-corrected chi connectivity index (χ4v) is 1.55. The van der Waals surface area contributed by atoms with E-state index in [0.29, 0.717) is 25.5 Å². The highest BCUT2D eigenvalue weighted by atomic mass is 16.6. The highest BCUT2D eigenvalue weighted by Crippen LogP contribution is 2.24. The molecular weight excluding hydrogens is 260 g/mol. The molecule has 112 valence electrons. The summed E-state index contributed by atoms with van der Waals surface area (Å²) in [5.41, 5.74) is 0.758. The molecule has 0 unspecified atom stereocenters.